The molecule has 4 nitrogen and oxygen atoms in total. The van der Waals surface area contributed by atoms with Gasteiger partial charge in [0.25, 0.3) is 0 Å². The average Bonchev–Trinajstić information content (AvgIpc) is 3.12. The molecule has 0 fully saturated rings. The summed E-state index contributed by atoms with van der Waals surface area (Å²) >= 11 is 1.64. The summed E-state index contributed by atoms with van der Waals surface area (Å²) in [5.41, 5.74) is 3.88. The molecule has 0 saturated heterocycles. The van der Waals surface area contributed by atoms with E-state index in [0.29, 0.717) is 23.5 Å². The topological polar surface area (TPSA) is 52.3 Å². The Morgan fingerprint density at radius 3 is 2.67 bits per heavy atom. The van der Waals surface area contributed by atoms with E-state index in [2.05, 4.69) is 17.1 Å². The Morgan fingerprint density at radius 2 is 1.85 bits per heavy atom. The monoisotopic (exact) mass is 377 g/mol. The van der Waals surface area contributed by atoms with Crippen LogP contribution in [0.5, 0.6) is 5.75 Å². The zero-order valence-electron chi connectivity index (χ0n) is 15.2. The molecule has 0 aliphatic heterocycles. The van der Waals surface area contributed by atoms with Crippen LogP contribution in [0.15, 0.2) is 63.1 Å². The first-order chi connectivity index (χ1) is 13.1. The van der Waals surface area contributed by atoms with Crippen molar-refractivity contribution < 1.29 is 9.15 Å². The largest absolute Gasteiger partial charge is 0.486 e. The molecule has 0 radical (unpaired) electrons. The molecule has 0 amide bonds. The van der Waals surface area contributed by atoms with Crippen LogP contribution in [-0.4, -0.2) is 4.98 Å². The Labute approximate surface area is 161 Å². The van der Waals surface area contributed by atoms with Gasteiger partial charge in [-0.2, -0.15) is 0 Å². The molecule has 0 N–H and O–H groups in total. The number of ether oxygens (including phenoxy) is 1. The standard InChI is InChI=1S/C22H19NO3S/c1-14-15(2)22(24)26-19-10-6-9-18(21(14)19)25-12-17-13-27-20(23-17)11-16-7-4-3-5-8-16/h3-10,13H,11-12H2,1-2H3. The number of hydrogen-bond donors (Lipinski definition) is 0. The third kappa shape index (κ3) is 3.64. The van der Waals surface area contributed by atoms with E-state index < -0.39 is 0 Å². The summed E-state index contributed by atoms with van der Waals surface area (Å²) in [5, 5.41) is 3.94. The number of thiazole rings is 1. The zero-order chi connectivity index (χ0) is 18.8. The maximum atomic E-state index is 11.9. The summed E-state index contributed by atoms with van der Waals surface area (Å²) in [4.78, 5) is 16.6. The highest BCUT2D eigenvalue weighted by Gasteiger charge is 2.13. The van der Waals surface area contributed by atoms with Crippen molar-refractivity contribution >= 4 is 22.3 Å². The third-order valence-electron chi connectivity index (χ3n) is 4.61. The fraction of sp³-hybridized carbons (Fsp3) is 0.182. The van der Waals surface area contributed by atoms with Crippen LogP contribution in [0.4, 0.5) is 0 Å². The van der Waals surface area contributed by atoms with Crippen molar-refractivity contribution in [3.63, 3.8) is 0 Å². The number of aryl methyl sites for hydroxylation is 1. The fourth-order valence-corrected chi connectivity index (χ4v) is 3.83. The normalized spacial score (nSPS) is 11.0. The van der Waals surface area contributed by atoms with E-state index in [-0.39, 0.29) is 5.63 Å². The summed E-state index contributed by atoms with van der Waals surface area (Å²) in [5.74, 6) is 0.703. The highest BCUT2D eigenvalue weighted by molar-refractivity contribution is 7.09. The third-order valence-corrected chi connectivity index (χ3v) is 5.51. The van der Waals surface area contributed by atoms with Crippen molar-refractivity contribution in [3.05, 3.63) is 91.7 Å². The highest BCUT2D eigenvalue weighted by Crippen LogP contribution is 2.29. The maximum Gasteiger partial charge on any atom is 0.339 e. The van der Waals surface area contributed by atoms with Crippen molar-refractivity contribution in [1.29, 1.82) is 0 Å². The van der Waals surface area contributed by atoms with E-state index in [4.69, 9.17) is 9.15 Å². The lowest BCUT2D eigenvalue weighted by atomic mass is 10.1. The number of rotatable bonds is 5. The van der Waals surface area contributed by atoms with Crippen LogP contribution >= 0.6 is 11.3 Å². The Balaban J connectivity index is 1.54. The lowest BCUT2D eigenvalue weighted by Gasteiger charge is -2.10. The molecular weight excluding hydrogens is 358 g/mol. The average molecular weight is 377 g/mol. The van der Waals surface area contributed by atoms with Crippen LogP contribution < -0.4 is 10.4 Å². The Kier molecular flexibility index (Phi) is 4.77. The minimum absolute atomic E-state index is 0.304. The van der Waals surface area contributed by atoms with Gasteiger partial charge < -0.3 is 9.15 Å². The van der Waals surface area contributed by atoms with Crippen molar-refractivity contribution in [1.82, 2.24) is 4.98 Å². The molecule has 0 saturated carbocycles. The van der Waals surface area contributed by atoms with Crippen LogP contribution in [0.25, 0.3) is 11.0 Å². The quantitative estimate of drug-likeness (QED) is 0.458. The van der Waals surface area contributed by atoms with Crippen molar-refractivity contribution in [2.75, 3.05) is 0 Å². The molecule has 136 valence electrons. The molecule has 4 rings (SSSR count). The molecule has 0 aliphatic carbocycles. The SMILES string of the molecule is Cc1c(C)c2c(OCc3csc(Cc4ccccc4)n3)cccc2oc1=O. The molecule has 5 heteroatoms. The van der Waals surface area contributed by atoms with Crippen molar-refractivity contribution in [2.45, 2.75) is 26.9 Å². The van der Waals surface area contributed by atoms with Crippen LogP contribution in [0.3, 0.4) is 0 Å². The first kappa shape index (κ1) is 17.5. The Bertz CT molecular complexity index is 1150. The van der Waals surface area contributed by atoms with Gasteiger partial charge in [-0.05, 0) is 37.1 Å². The molecule has 0 bridgehead atoms. The van der Waals surface area contributed by atoms with Gasteiger partial charge in [0.1, 0.15) is 17.9 Å². The van der Waals surface area contributed by atoms with Gasteiger partial charge in [0, 0.05) is 17.4 Å². The van der Waals surface area contributed by atoms with Crippen molar-refractivity contribution in [2.24, 2.45) is 0 Å². The first-order valence-corrected chi connectivity index (χ1v) is 9.63. The van der Waals surface area contributed by atoms with Crippen LogP contribution in [-0.2, 0) is 13.0 Å². The predicted octanol–water partition coefficient (Wildman–Crippen LogP) is 5.04. The van der Waals surface area contributed by atoms with Crippen LogP contribution in [0.1, 0.15) is 27.4 Å². The van der Waals surface area contributed by atoms with E-state index in [1.807, 2.05) is 42.6 Å². The van der Waals surface area contributed by atoms with E-state index in [0.717, 1.165) is 28.1 Å². The number of fused-ring (bicyclic) bond motifs is 1. The van der Waals surface area contributed by atoms with E-state index in [9.17, 15) is 4.79 Å². The number of aromatic nitrogens is 1. The van der Waals surface area contributed by atoms with Gasteiger partial charge in [0.2, 0.25) is 0 Å². The second-order valence-electron chi connectivity index (χ2n) is 6.45. The number of hydrogen-bond acceptors (Lipinski definition) is 5. The Hall–Kier alpha value is -2.92. The second-order valence-corrected chi connectivity index (χ2v) is 7.40. The molecular formula is C22H19NO3S. The molecule has 2 heterocycles. The molecule has 2 aromatic carbocycles. The molecule has 2 aromatic heterocycles. The fourth-order valence-electron chi connectivity index (χ4n) is 3.02. The minimum Gasteiger partial charge on any atom is -0.486 e. The van der Waals surface area contributed by atoms with Gasteiger partial charge in [-0.3, -0.25) is 0 Å². The molecule has 0 aliphatic rings. The van der Waals surface area contributed by atoms with Gasteiger partial charge in [-0.15, -0.1) is 11.3 Å². The summed E-state index contributed by atoms with van der Waals surface area (Å²) in [6, 6.07) is 15.8. The van der Waals surface area contributed by atoms with Gasteiger partial charge in [0.05, 0.1) is 16.1 Å². The molecule has 27 heavy (non-hydrogen) atoms. The molecule has 0 unspecified atom stereocenters. The number of benzene rings is 2. The van der Waals surface area contributed by atoms with Gasteiger partial charge in [-0.1, -0.05) is 36.4 Å². The Morgan fingerprint density at radius 1 is 1.04 bits per heavy atom. The molecule has 0 spiro atoms. The van der Waals surface area contributed by atoms with E-state index in [1.165, 1.54) is 5.56 Å². The smallest absolute Gasteiger partial charge is 0.339 e. The molecule has 4 aromatic rings. The van der Waals surface area contributed by atoms with Gasteiger partial charge in [-0.25, -0.2) is 9.78 Å². The zero-order valence-corrected chi connectivity index (χ0v) is 16.0. The first-order valence-electron chi connectivity index (χ1n) is 8.75. The summed E-state index contributed by atoms with van der Waals surface area (Å²) in [6.07, 6.45) is 0.823. The lowest BCUT2D eigenvalue weighted by molar-refractivity contribution is 0.305. The van der Waals surface area contributed by atoms with Crippen molar-refractivity contribution in [3.8, 4) is 5.75 Å². The van der Waals surface area contributed by atoms with Gasteiger partial charge in [0.15, 0.2) is 0 Å². The van der Waals surface area contributed by atoms with Crippen LogP contribution in [0, 0.1) is 13.8 Å². The lowest BCUT2D eigenvalue weighted by Crippen LogP contribution is -2.06. The predicted molar refractivity (Wildman–Crippen MR) is 108 cm³/mol. The van der Waals surface area contributed by atoms with Gasteiger partial charge >= 0.3 is 5.63 Å². The summed E-state index contributed by atoms with van der Waals surface area (Å²) in [7, 11) is 0. The minimum atomic E-state index is -0.304. The summed E-state index contributed by atoms with van der Waals surface area (Å²) in [6.45, 7) is 4.07. The van der Waals surface area contributed by atoms with E-state index >= 15 is 0 Å². The van der Waals surface area contributed by atoms with Crippen LogP contribution in [0.2, 0.25) is 0 Å². The number of nitrogens with zero attached hydrogens (tertiary/aromatic N) is 1. The highest BCUT2D eigenvalue weighted by atomic mass is 32.1. The van der Waals surface area contributed by atoms with E-state index in [1.54, 1.807) is 24.3 Å². The summed E-state index contributed by atoms with van der Waals surface area (Å²) < 4.78 is 11.4. The maximum absolute atomic E-state index is 11.9. The molecule has 0 atom stereocenters. The second kappa shape index (κ2) is 7.37.